The van der Waals surface area contributed by atoms with Gasteiger partial charge in [-0.15, -0.1) is 0 Å². The molecule has 8 heteroatoms. The summed E-state index contributed by atoms with van der Waals surface area (Å²) in [6, 6.07) is 11.4. The Kier molecular flexibility index (Phi) is 6.38. The Bertz CT molecular complexity index is 1100. The number of piperidine rings is 2. The van der Waals surface area contributed by atoms with E-state index in [-0.39, 0.29) is 17.2 Å². The summed E-state index contributed by atoms with van der Waals surface area (Å²) in [6.45, 7) is 5.09. The molecule has 0 aliphatic carbocycles. The molecule has 2 fully saturated rings. The first-order valence-electron chi connectivity index (χ1n) is 12.0. The van der Waals surface area contributed by atoms with Crippen LogP contribution in [-0.2, 0) is 4.79 Å². The lowest BCUT2D eigenvalue weighted by atomic mass is 9.78. The quantitative estimate of drug-likeness (QED) is 0.570. The summed E-state index contributed by atoms with van der Waals surface area (Å²) in [5.74, 6) is 2.33. The van der Waals surface area contributed by atoms with Crippen molar-refractivity contribution in [2.45, 2.75) is 38.5 Å². The number of ether oxygens (including phenoxy) is 1. The van der Waals surface area contributed by atoms with E-state index in [9.17, 15) is 4.79 Å². The van der Waals surface area contributed by atoms with Crippen LogP contribution in [0.5, 0.6) is 11.6 Å². The summed E-state index contributed by atoms with van der Waals surface area (Å²) in [4.78, 5) is 35.7. The second-order valence-electron chi connectivity index (χ2n) is 9.35. The van der Waals surface area contributed by atoms with Gasteiger partial charge in [-0.25, -0.2) is 15.0 Å². The van der Waals surface area contributed by atoms with Crippen LogP contribution in [0.3, 0.4) is 0 Å². The van der Waals surface area contributed by atoms with Crippen molar-refractivity contribution < 1.29 is 9.53 Å². The van der Waals surface area contributed by atoms with Crippen LogP contribution in [0, 0.1) is 5.41 Å². The van der Waals surface area contributed by atoms with Gasteiger partial charge >= 0.3 is 0 Å². The van der Waals surface area contributed by atoms with Gasteiger partial charge in [-0.2, -0.15) is 0 Å². The normalized spacial score (nSPS) is 20.1. The Morgan fingerprint density at radius 2 is 1.68 bits per heavy atom. The van der Waals surface area contributed by atoms with Crippen LogP contribution in [0.4, 0.5) is 5.95 Å². The first-order chi connectivity index (χ1) is 16.6. The summed E-state index contributed by atoms with van der Waals surface area (Å²) in [5, 5.41) is 0. The molecule has 1 aromatic carbocycles. The fourth-order valence-corrected chi connectivity index (χ4v) is 4.93. The fraction of sp³-hybridized carbons (Fsp3) is 0.423. The topological polar surface area (TPSA) is 84.3 Å². The minimum Gasteiger partial charge on any atom is -0.437 e. The van der Waals surface area contributed by atoms with Crippen LogP contribution in [0.15, 0.2) is 61.2 Å². The molecular weight excluding hydrogens is 428 g/mol. The molecule has 8 nitrogen and oxygen atoms in total. The van der Waals surface area contributed by atoms with Crippen LogP contribution in [0.2, 0.25) is 0 Å². The third kappa shape index (κ3) is 4.71. The molecule has 0 unspecified atom stereocenters. The first-order valence-corrected chi connectivity index (χ1v) is 12.0. The number of rotatable bonds is 5. The minimum absolute atomic E-state index is 0.103. The molecule has 0 saturated carbocycles. The number of benzene rings is 1. The number of nitrogens with zero attached hydrogens (tertiary/aromatic N) is 6. The molecule has 176 valence electrons. The van der Waals surface area contributed by atoms with Crippen molar-refractivity contribution in [2.24, 2.45) is 5.41 Å². The van der Waals surface area contributed by atoms with Gasteiger partial charge in [-0.3, -0.25) is 9.78 Å². The van der Waals surface area contributed by atoms with Gasteiger partial charge in [0.15, 0.2) is 0 Å². The van der Waals surface area contributed by atoms with Gasteiger partial charge in [-0.1, -0.05) is 25.1 Å². The van der Waals surface area contributed by atoms with Crippen LogP contribution in [-0.4, -0.2) is 56.9 Å². The molecule has 0 N–H and O–H groups in total. The molecule has 0 bridgehead atoms. The summed E-state index contributed by atoms with van der Waals surface area (Å²) in [5.41, 5.74) is 0.448. The van der Waals surface area contributed by atoms with Crippen LogP contribution in [0.25, 0.3) is 0 Å². The van der Waals surface area contributed by atoms with E-state index in [1.165, 1.54) is 0 Å². The summed E-state index contributed by atoms with van der Waals surface area (Å²) in [7, 11) is 0. The Morgan fingerprint density at radius 3 is 2.44 bits per heavy atom. The number of anilines is 1. The lowest BCUT2D eigenvalue weighted by molar-refractivity contribution is -0.143. The Morgan fingerprint density at radius 1 is 0.941 bits per heavy atom. The molecule has 2 aliphatic rings. The highest BCUT2D eigenvalue weighted by atomic mass is 16.5. The van der Waals surface area contributed by atoms with Gasteiger partial charge < -0.3 is 14.5 Å². The number of amides is 1. The SMILES string of the molecule is CC1(C(=O)N2CCC[C@@H](c3nccnc3Oc3ccccc3)C2)CCN(c2ncccn2)CC1. The second-order valence-corrected chi connectivity index (χ2v) is 9.35. The summed E-state index contributed by atoms with van der Waals surface area (Å²) >= 11 is 0. The maximum absolute atomic E-state index is 13.7. The average molecular weight is 459 g/mol. The number of likely N-dealkylation sites (tertiary alicyclic amines) is 1. The molecule has 34 heavy (non-hydrogen) atoms. The molecule has 4 heterocycles. The van der Waals surface area contributed by atoms with Crippen molar-refractivity contribution in [1.29, 1.82) is 0 Å². The van der Waals surface area contributed by atoms with Crippen molar-refractivity contribution in [3.05, 3.63) is 66.9 Å². The Labute approximate surface area is 200 Å². The molecule has 2 saturated heterocycles. The number of hydrogen-bond donors (Lipinski definition) is 0. The highest BCUT2D eigenvalue weighted by Crippen LogP contribution is 2.38. The van der Waals surface area contributed by atoms with E-state index in [0.717, 1.165) is 62.7 Å². The number of para-hydroxylation sites is 1. The molecule has 0 spiro atoms. The van der Waals surface area contributed by atoms with Gasteiger partial charge in [0.25, 0.3) is 0 Å². The standard InChI is InChI=1S/C26H30N6O2/c1-26(10-17-31(18-11-26)25-29-12-6-13-30-25)24(33)32-16-5-7-20(19-32)22-23(28-15-14-27-22)34-21-8-3-2-4-9-21/h2-4,6,8-9,12-15,20H,5,7,10-11,16-19H2,1H3/t20-/m1/s1. The summed E-state index contributed by atoms with van der Waals surface area (Å²) < 4.78 is 6.05. The average Bonchev–Trinajstić information content (AvgIpc) is 2.90. The number of hydrogen-bond acceptors (Lipinski definition) is 7. The second kappa shape index (κ2) is 9.75. The molecule has 2 aromatic heterocycles. The zero-order valence-electron chi connectivity index (χ0n) is 19.5. The first kappa shape index (κ1) is 22.3. The van der Waals surface area contributed by atoms with Crippen molar-refractivity contribution in [2.75, 3.05) is 31.1 Å². The van der Waals surface area contributed by atoms with E-state index in [1.54, 1.807) is 24.8 Å². The molecular formula is C26H30N6O2. The van der Waals surface area contributed by atoms with Crippen molar-refractivity contribution >= 4 is 11.9 Å². The fourth-order valence-electron chi connectivity index (χ4n) is 4.93. The molecule has 5 rings (SSSR count). The van der Waals surface area contributed by atoms with E-state index in [0.29, 0.717) is 12.4 Å². The molecule has 2 aliphatic heterocycles. The lowest BCUT2D eigenvalue weighted by Crippen LogP contribution is -2.51. The van der Waals surface area contributed by atoms with Crippen LogP contribution >= 0.6 is 0 Å². The predicted molar refractivity (Wildman–Crippen MR) is 129 cm³/mol. The van der Waals surface area contributed by atoms with E-state index in [1.807, 2.05) is 41.3 Å². The number of carbonyl (C=O) groups excluding carboxylic acids is 1. The monoisotopic (exact) mass is 458 g/mol. The van der Waals surface area contributed by atoms with Gasteiger partial charge in [0.05, 0.1) is 0 Å². The molecule has 3 aromatic rings. The van der Waals surface area contributed by atoms with E-state index in [2.05, 4.69) is 31.8 Å². The summed E-state index contributed by atoms with van der Waals surface area (Å²) in [6.07, 6.45) is 10.4. The van der Waals surface area contributed by atoms with Gasteiger partial charge in [0.2, 0.25) is 17.7 Å². The lowest BCUT2D eigenvalue weighted by Gasteiger charge is -2.43. The number of aromatic nitrogens is 4. The molecule has 1 amide bonds. The van der Waals surface area contributed by atoms with Crippen LogP contribution in [0.1, 0.15) is 44.2 Å². The largest absolute Gasteiger partial charge is 0.437 e. The van der Waals surface area contributed by atoms with E-state index >= 15 is 0 Å². The van der Waals surface area contributed by atoms with Crippen LogP contribution < -0.4 is 9.64 Å². The van der Waals surface area contributed by atoms with Gasteiger partial charge in [-0.05, 0) is 43.9 Å². The third-order valence-electron chi connectivity index (χ3n) is 6.96. The maximum atomic E-state index is 13.7. The van der Waals surface area contributed by atoms with Gasteiger partial charge in [0.1, 0.15) is 11.4 Å². The zero-order valence-corrected chi connectivity index (χ0v) is 19.5. The molecule has 1 atom stereocenters. The van der Waals surface area contributed by atoms with E-state index in [4.69, 9.17) is 4.74 Å². The van der Waals surface area contributed by atoms with Gasteiger partial charge in [0, 0.05) is 62.3 Å². The van der Waals surface area contributed by atoms with Crippen molar-refractivity contribution in [1.82, 2.24) is 24.8 Å². The zero-order chi connectivity index (χ0) is 23.4. The minimum atomic E-state index is -0.376. The highest BCUT2D eigenvalue weighted by molar-refractivity contribution is 5.83. The number of carbonyl (C=O) groups is 1. The smallest absolute Gasteiger partial charge is 0.241 e. The Hall–Kier alpha value is -3.55. The van der Waals surface area contributed by atoms with E-state index < -0.39 is 0 Å². The third-order valence-corrected chi connectivity index (χ3v) is 6.96. The Balaban J connectivity index is 1.26. The molecule has 0 radical (unpaired) electrons. The highest BCUT2D eigenvalue weighted by Gasteiger charge is 2.41. The van der Waals surface area contributed by atoms with Crippen molar-refractivity contribution in [3.63, 3.8) is 0 Å². The maximum Gasteiger partial charge on any atom is 0.241 e. The predicted octanol–water partition coefficient (Wildman–Crippen LogP) is 4.07. The van der Waals surface area contributed by atoms with Crippen molar-refractivity contribution in [3.8, 4) is 11.6 Å².